The number of benzene rings is 1. The molecule has 0 saturated heterocycles. The van der Waals surface area contributed by atoms with E-state index in [1.54, 1.807) is 0 Å². The normalized spacial score (nSPS) is 11.6. The summed E-state index contributed by atoms with van der Waals surface area (Å²) in [6.07, 6.45) is 12.2. The SMILES string of the molecule is CC(C)C/C=C/CCCCCCOCc1ccccc1. The van der Waals surface area contributed by atoms with E-state index in [1.807, 2.05) is 6.07 Å². The van der Waals surface area contributed by atoms with Crippen molar-refractivity contribution in [3.8, 4) is 0 Å². The number of hydrogen-bond acceptors (Lipinski definition) is 1. The monoisotopic (exact) mass is 274 g/mol. The first kappa shape index (κ1) is 17.0. The molecule has 0 unspecified atom stereocenters. The van der Waals surface area contributed by atoms with Crippen LogP contribution in [0.4, 0.5) is 0 Å². The van der Waals surface area contributed by atoms with Gasteiger partial charge in [-0.1, -0.05) is 69.2 Å². The van der Waals surface area contributed by atoms with E-state index in [-0.39, 0.29) is 0 Å². The molecule has 0 spiro atoms. The highest BCUT2D eigenvalue weighted by Crippen LogP contribution is 2.07. The van der Waals surface area contributed by atoms with Crippen molar-refractivity contribution in [3.63, 3.8) is 0 Å². The molecule has 0 aliphatic rings. The zero-order valence-electron chi connectivity index (χ0n) is 13.2. The van der Waals surface area contributed by atoms with Gasteiger partial charge < -0.3 is 4.74 Å². The molecule has 0 aromatic heterocycles. The third-order valence-electron chi connectivity index (χ3n) is 3.30. The summed E-state index contributed by atoms with van der Waals surface area (Å²) in [5.74, 6) is 0.785. The largest absolute Gasteiger partial charge is 0.377 e. The molecule has 0 heterocycles. The second-order valence-electron chi connectivity index (χ2n) is 5.84. The maximum Gasteiger partial charge on any atom is 0.0716 e. The van der Waals surface area contributed by atoms with Crippen LogP contribution in [0.3, 0.4) is 0 Å². The number of ether oxygens (including phenoxy) is 1. The smallest absolute Gasteiger partial charge is 0.0716 e. The first-order valence-electron chi connectivity index (χ1n) is 8.05. The summed E-state index contributed by atoms with van der Waals surface area (Å²) in [5, 5.41) is 0. The summed E-state index contributed by atoms with van der Waals surface area (Å²) >= 11 is 0. The fourth-order valence-corrected chi connectivity index (χ4v) is 2.07. The average Bonchev–Trinajstić information content (AvgIpc) is 2.45. The Morgan fingerprint density at radius 2 is 1.70 bits per heavy atom. The van der Waals surface area contributed by atoms with Gasteiger partial charge in [0, 0.05) is 6.61 Å². The van der Waals surface area contributed by atoms with Crippen molar-refractivity contribution in [2.75, 3.05) is 6.61 Å². The maximum absolute atomic E-state index is 5.68. The van der Waals surface area contributed by atoms with Crippen LogP contribution in [0.2, 0.25) is 0 Å². The second-order valence-corrected chi connectivity index (χ2v) is 5.84. The molecule has 1 nitrogen and oxygen atoms in total. The molecule has 0 aliphatic heterocycles. The molecule has 0 radical (unpaired) electrons. The molecular formula is C19H30O. The highest BCUT2D eigenvalue weighted by molar-refractivity contribution is 5.13. The molecule has 1 aromatic carbocycles. The van der Waals surface area contributed by atoms with Crippen molar-refractivity contribution >= 4 is 0 Å². The fraction of sp³-hybridized carbons (Fsp3) is 0.579. The Morgan fingerprint density at radius 1 is 0.950 bits per heavy atom. The van der Waals surface area contributed by atoms with E-state index < -0.39 is 0 Å². The Balaban J connectivity index is 1.84. The van der Waals surface area contributed by atoms with Gasteiger partial charge >= 0.3 is 0 Å². The van der Waals surface area contributed by atoms with E-state index in [4.69, 9.17) is 4.74 Å². The van der Waals surface area contributed by atoms with Gasteiger partial charge in [0.1, 0.15) is 0 Å². The van der Waals surface area contributed by atoms with Crippen LogP contribution >= 0.6 is 0 Å². The first-order valence-corrected chi connectivity index (χ1v) is 8.05. The molecular weight excluding hydrogens is 244 g/mol. The van der Waals surface area contributed by atoms with Crippen LogP contribution in [0.25, 0.3) is 0 Å². The summed E-state index contributed by atoms with van der Waals surface area (Å²) in [6, 6.07) is 10.4. The molecule has 0 bridgehead atoms. The van der Waals surface area contributed by atoms with Crippen molar-refractivity contribution in [3.05, 3.63) is 48.0 Å². The highest BCUT2D eigenvalue weighted by atomic mass is 16.5. The van der Waals surface area contributed by atoms with Crippen molar-refractivity contribution < 1.29 is 4.74 Å². The summed E-state index contributed by atoms with van der Waals surface area (Å²) in [6.45, 7) is 6.16. The number of allylic oxidation sites excluding steroid dienone is 2. The third-order valence-corrected chi connectivity index (χ3v) is 3.30. The Kier molecular flexibility index (Phi) is 9.95. The molecule has 0 aliphatic carbocycles. The molecule has 0 N–H and O–H groups in total. The lowest BCUT2D eigenvalue weighted by molar-refractivity contribution is 0.117. The van der Waals surface area contributed by atoms with E-state index in [0.29, 0.717) is 0 Å². The standard InChI is InChI=1S/C19H30O/c1-18(2)13-9-6-4-3-5-7-12-16-20-17-19-14-10-8-11-15-19/h6,8-11,14-15,18H,3-5,7,12-13,16-17H2,1-2H3/b9-6+. The zero-order valence-corrected chi connectivity index (χ0v) is 13.2. The van der Waals surface area contributed by atoms with E-state index in [1.165, 1.54) is 44.1 Å². The summed E-state index contributed by atoms with van der Waals surface area (Å²) in [5.41, 5.74) is 1.27. The summed E-state index contributed by atoms with van der Waals surface area (Å²) in [7, 11) is 0. The summed E-state index contributed by atoms with van der Waals surface area (Å²) in [4.78, 5) is 0. The lowest BCUT2D eigenvalue weighted by Crippen LogP contribution is -1.95. The van der Waals surface area contributed by atoms with E-state index in [0.717, 1.165) is 19.1 Å². The Bertz CT molecular complexity index is 340. The minimum absolute atomic E-state index is 0.749. The molecule has 1 aromatic rings. The van der Waals surface area contributed by atoms with Crippen LogP contribution in [0.15, 0.2) is 42.5 Å². The average molecular weight is 274 g/mol. The van der Waals surface area contributed by atoms with E-state index >= 15 is 0 Å². The molecule has 1 rings (SSSR count). The maximum atomic E-state index is 5.68. The van der Waals surface area contributed by atoms with Gasteiger partial charge in [0.2, 0.25) is 0 Å². The molecule has 0 atom stereocenters. The fourth-order valence-electron chi connectivity index (χ4n) is 2.07. The van der Waals surface area contributed by atoms with Crippen LogP contribution in [0.5, 0.6) is 0 Å². The minimum atomic E-state index is 0.749. The number of unbranched alkanes of at least 4 members (excludes halogenated alkanes) is 4. The Morgan fingerprint density at radius 3 is 2.45 bits per heavy atom. The van der Waals surface area contributed by atoms with Crippen LogP contribution in [-0.2, 0) is 11.3 Å². The van der Waals surface area contributed by atoms with Gasteiger partial charge in [-0.2, -0.15) is 0 Å². The quantitative estimate of drug-likeness (QED) is 0.368. The van der Waals surface area contributed by atoms with Gasteiger partial charge in [0.15, 0.2) is 0 Å². The Labute approximate surface area is 125 Å². The number of rotatable bonds is 11. The van der Waals surface area contributed by atoms with Gasteiger partial charge in [0.25, 0.3) is 0 Å². The lowest BCUT2D eigenvalue weighted by atomic mass is 10.1. The lowest BCUT2D eigenvalue weighted by Gasteiger charge is -2.04. The molecule has 20 heavy (non-hydrogen) atoms. The summed E-state index contributed by atoms with van der Waals surface area (Å²) < 4.78 is 5.68. The molecule has 0 saturated carbocycles. The highest BCUT2D eigenvalue weighted by Gasteiger charge is 1.93. The van der Waals surface area contributed by atoms with Crippen molar-refractivity contribution in [1.82, 2.24) is 0 Å². The van der Waals surface area contributed by atoms with Crippen molar-refractivity contribution in [2.45, 2.75) is 59.0 Å². The predicted molar refractivity (Wildman–Crippen MR) is 87.8 cm³/mol. The Hall–Kier alpha value is -1.08. The minimum Gasteiger partial charge on any atom is -0.377 e. The van der Waals surface area contributed by atoms with Crippen LogP contribution in [-0.4, -0.2) is 6.61 Å². The second kappa shape index (κ2) is 11.7. The molecule has 0 fully saturated rings. The first-order chi connectivity index (χ1) is 9.79. The molecule has 112 valence electrons. The zero-order chi connectivity index (χ0) is 14.5. The van der Waals surface area contributed by atoms with E-state index in [9.17, 15) is 0 Å². The van der Waals surface area contributed by atoms with Gasteiger partial charge in [0.05, 0.1) is 6.61 Å². The van der Waals surface area contributed by atoms with Gasteiger partial charge in [-0.05, 0) is 37.2 Å². The van der Waals surface area contributed by atoms with Crippen molar-refractivity contribution in [1.29, 1.82) is 0 Å². The molecule has 1 heteroatoms. The predicted octanol–water partition coefficient (Wildman–Crippen LogP) is 5.76. The third kappa shape index (κ3) is 9.80. The van der Waals surface area contributed by atoms with Crippen LogP contribution in [0, 0.1) is 5.92 Å². The topological polar surface area (TPSA) is 9.23 Å². The van der Waals surface area contributed by atoms with E-state index in [2.05, 4.69) is 50.3 Å². The van der Waals surface area contributed by atoms with Crippen LogP contribution in [0.1, 0.15) is 57.9 Å². The van der Waals surface area contributed by atoms with Gasteiger partial charge in [-0.25, -0.2) is 0 Å². The van der Waals surface area contributed by atoms with Gasteiger partial charge in [-0.15, -0.1) is 0 Å². The van der Waals surface area contributed by atoms with Gasteiger partial charge in [-0.3, -0.25) is 0 Å². The number of hydrogen-bond donors (Lipinski definition) is 0. The van der Waals surface area contributed by atoms with Crippen molar-refractivity contribution in [2.24, 2.45) is 5.92 Å². The molecule has 0 amide bonds. The van der Waals surface area contributed by atoms with Crippen LogP contribution < -0.4 is 0 Å².